The molecule has 222 valence electrons. The second-order valence-electron chi connectivity index (χ2n) is 13.0. The molecular weight excluding hydrogens is 574 g/mol. The van der Waals surface area contributed by atoms with Crippen molar-refractivity contribution in [1.82, 2.24) is 14.5 Å². The van der Waals surface area contributed by atoms with Crippen molar-refractivity contribution in [3.63, 3.8) is 0 Å². The molecule has 0 radical (unpaired) electrons. The van der Waals surface area contributed by atoms with Crippen molar-refractivity contribution in [3.05, 3.63) is 151 Å². The average molecular weight is 604 g/mol. The molecule has 4 nitrogen and oxygen atoms in total. The van der Waals surface area contributed by atoms with Crippen LogP contribution < -0.4 is 0 Å². The molecule has 0 fully saturated rings. The molecule has 0 atom stereocenters. The number of nitrogens with zero attached hydrogens (tertiary/aromatic N) is 3. The smallest absolute Gasteiger partial charge is 0.162 e. The van der Waals surface area contributed by atoms with E-state index in [2.05, 4.69) is 134 Å². The van der Waals surface area contributed by atoms with E-state index in [1.54, 1.807) is 0 Å². The minimum atomic E-state index is -0.248. The number of para-hydroxylation sites is 2. The largest absolute Gasteiger partial charge is 0.455 e. The number of fused-ring (bicyclic) bond motifs is 12. The van der Waals surface area contributed by atoms with Gasteiger partial charge in [-0.15, -0.1) is 0 Å². The molecule has 0 amide bonds. The van der Waals surface area contributed by atoms with Crippen LogP contribution in [0.1, 0.15) is 25.0 Å². The van der Waals surface area contributed by atoms with Crippen molar-refractivity contribution in [2.24, 2.45) is 0 Å². The molecule has 4 heteroatoms. The molecule has 0 spiro atoms. The van der Waals surface area contributed by atoms with E-state index in [-0.39, 0.29) is 5.41 Å². The van der Waals surface area contributed by atoms with Crippen molar-refractivity contribution in [2.45, 2.75) is 19.3 Å². The number of hydrogen-bond donors (Lipinski definition) is 0. The number of hydrogen-bond acceptors (Lipinski definition) is 3. The van der Waals surface area contributed by atoms with Gasteiger partial charge >= 0.3 is 0 Å². The van der Waals surface area contributed by atoms with Crippen molar-refractivity contribution in [2.75, 3.05) is 0 Å². The molecular formula is C43H29N3O. The molecule has 6 aromatic carbocycles. The SMILES string of the molecule is CC1(C)c2ccccc2-c2c1c1c3ccccc3oc1c1c3ccccc3n(-c3cc(-c4ccccc4)nc(-c4ccccc4)n3)c21. The second-order valence-corrected chi connectivity index (χ2v) is 13.0. The Bertz CT molecular complexity index is 2640. The van der Waals surface area contributed by atoms with Crippen molar-refractivity contribution < 1.29 is 4.42 Å². The van der Waals surface area contributed by atoms with E-state index in [4.69, 9.17) is 14.4 Å². The van der Waals surface area contributed by atoms with E-state index >= 15 is 0 Å². The molecule has 0 unspecified atom stereocenters. The maximum atomic E-state index is 6.88. The first-order valence-electron chi connectivity index (χ1n) is 16.1. The van der Waals surface area contributed by atoms with Gasteiger partial charge in [-0.25, -0.2) is 9.97 Å². The van der Waals surface area contributed by atoms with Crippen LogP contribution in [0.3, 0.4) is 0 Å². The van der Waals surface area contributed by atoms with E-state index in [1.807, 2.05) is 24.3 Å². The normalized spacial score (nSPS) is 13.5. The Morgan fingerprint density at radius 1 is 0.617 bits per heavy atom. The van der Waals surface area contributed by atoms with Crippen LogP contribution in [0.25, 0.3) is 83.3 Å². The quantitative estimate of drug-likeness (QED) is 0.202. The van der Waals surface area contributed by atoms with Gasteiger partial charge in [-0.2, -0.15) is 0 Å². The molecule has 1 aliphatic carbocycles. The molecule has 0 N–H and O–H groups in total. The number of rotatable bonds is 3. The maximum Gasteiger partial charge on any atom is 0.162 e. The fourth-order valence-corrected chi connectivity index (χ4v) is 7.95. The third-order valence-corrected chi connectivity index (χ3v) is 9.97. The zero-order valence-electron chi connectivity index (χ0n) is 26.0. The lowest BCUT2D eigenvalue weighted by atomic mass is 9.80. The lowest BCUT2D eigenvalue weighted by Gasteiger charge is -2.22. The van der Waals surface area contributed by atoms with Crippen LogP contribution in [0, 0.1) is 0 Å². The molecule has 0 saturated carbocycles. The second kappa shape index (κ2) is 9.51. The van der Waals surface area contributed by atoms with Gasteiger partial charge in [0.25, 0.3) is 0 Å². The van der Waals surface area contributed by atoms with Gasteiger partial charge in [0.15, 0.2) is 5.82 Å². The summed E-state index contributed by atoms with van der Waals surface area (Å²) < 4.78 is 9.24. The summed E-state index contributed by atoms with van der Waals surface area (Å²) in [5, 5.41) is 4.60. The predicted molar refractivity (Wildman–Crippen MR) is 192 cm³/mol. The van der Waals surface area contributed by atoms with Gasteiger partial charge in [0.2, 0.25) is 0 Å². The molecule has 47 heavy (non-hydrogen) atoms. The van der Waals surface area contributed by atoms with Crippen molar-refractivity contribution >= 4 is 43.7 Å². The molecule has 3 aromatic heterocycles. The van der Waals surface area contributed by atoms with Gasteiger partial charge in [-0.1, -0.05) is 135 Å². The molecule has 1 aliphatic rings. The third kappa shape index (κ3) is 3.58. The molecule has 0 bridgehead atoms. The summed E-state index contributed by atoms with van der Waals surface area (Å²) >= 11 is 0. The topological polar surface area (TPSA) is 43.9 Å². The highest BCUT2D eigenvalue weighted by Crippen LogP contribution is 2.57. The maximum absolute atomic E-state index is 6.88. The van der Waals surface area contributed by atoms with Crippen LogP contribution in [-0.2, 0) is 5.41 Å². The third-order valence-electron chi connectivity index (χ3n) is 9.97. The summed E-state index contributed by atoms with van der Waals surface area (Å²) in [6.45, 7) is 4.70. The van der Waals surface area contributed by atoms with E-state index in [1.165, 1.54) is 27.6 Å². The Morgan fingerprint density at radius 2 is 1.28 bits per heavy atom. The fraction of sp³-hybridized carbons (Fsp3) is 0.0698. The summed E-state index contributed by atoms with van der Waals surface area (Å²) in [6.07, 6.45) is 0. The van der Waals surface area contributed by atoms with E-state index in [0.29, 0.717) is 5.82 Å². The Hall–Kier alpha value is -6.00. The summed E-state index contributed by atoms with van der Waals surface area (Å²) in [7, 11) is 0. The molecule has 10 rings (SSSR count). The van der Waals surface area contributed by atoms with Crippen molar-refractivity contribution in [1.29, 1.82) is 0 Å². The highest BCUT2D eigenvalue weighted by Gasteiger charge is 2.41. The molecule has 3 heterocycles. The first kappa shape index (κ1) is 26.2. The molecule has 0 saturated heterocycles. The van der Waals surface area contributed by atoms with Crippen LogP contribution in [0.4, 0.5) is 0 Å². The monoisotopic (exact) mass is 603 g/mol. The highest BCUT2D eigenvalue weighted by molar-refractivity contribution is 6.29. The Morgan fingerprint density at radius 3 is 2.09 bits per heavy atom. The zero-order chi connectivity index (χ0) is 31.3. The Balaban J connectivity index is 1.44. The van der Waals surface area contributed by atoms with Gasteiger partial charge in [-0.3, -0.25) is 4.57 Å². The van der Waals surface area contributed by atoms with Crippen LogP contribution >= 0.6 is 0 Å². The fourth-order valence-electron chi connectivity index (χ4n) is 7.95. The molecule has 9 aromatic rings. The van der Waals surface area contributed by atoms with Gasteiger partial charge in [0.1, 0.15) is 17.0 Å². The van der Waals surface area contributed by atoms with Crippen LogP contribution in [0.5, 0.6) is 0 Å². The van der Waals surface area contributed by atoms with Gasteiger partial charge in [0, 0.05) is 44.3 Å². The van der Waals surface area contributed by atoms with Crippen LogP contribution in [0.2, 0.25) is 0 Å². The van der Waals surface area contributed by atoms with Gasteiger partial charge < -0.3 is 4.42 Å². The lowest BCUT2D eigenvalue weighted by molar-refractivity contribution is 0.659. The lowest BCUT2D eigenvalue weighted by Crippen LogP contribution is -2.15. The van der Waals surface area contributed by atoms with Crippen LogP contribution in [0.15, 0.2) is 144 Å². The number of benzene rings is 6. The van der Waals surface area contributed by atoms with E-state index < -0.39 is 0 Å². The minimum Gasteiger partial charge on any atom is -0.455 e. The van der Waals surface area contributed by atoms with E-state index in [0.717, 1.165) is 61.0 Å². The van der Waals surface area contributed by atoms with Gasteiger partial charge in [-0.05, 0) is 28.8 Å². The Kier molecular flexibility index (Phi) is 5.31. The van der Waals surface area contributed by atoms with E-state index in [9.17, 15) is 0 Å². The average Bonchev–Trinajstić information content (AvgIpc) is 3.75. The molecule has 0 aliphatic heterocycles. The van der Waals surface area contributed by atoms with Crippen LogP contribution in [-0.4, -0.2) is 14.5 Å². The summed E-state index contributed by atoms with van der Waals surface area (Å²) in [4.78, 5) is 10.4. The summed E-state index contributed by atoms with van der Waals surface area (Å²) in [5.74, 6) is 1.51. The number of furan rings is 1. The predicted octanol–water partition coefficient (Wildman–Crippen LogP) is 11.1. The number of aromatic nitrogens is 3. The first-order chi connectivity index (χ1) is 23.1. The van der Waals surface area contributed by atoms with Gasteiger partial charge in [0.05, 0.1) is 22.1 Å². The first-order valence-corrected chi connectivity index (χ1v) is 16.1. The summed E-state index contributed by atoms with van der Waals surface area (Å²) in [5.41, 5.74) is 11.8. The standard InChI is InChI=1S/C43H29N3O/c1-43(2)31-22-12-9-19-28(31)36-39(43)37-30-21-11-14-24-34(30)47-41(37)38-29-20-10-13-23-33(29)46(40(36)38)35-25-32(26-15-5-3-6-16-26)44-42(45-35)27-17-7-4-8-18-27/h3-25H,1-2H3. The Labute approximate surface area is 271 Å². The van der Waals surface area contributed by atoms with Crippen molar-refractivity contribution in [3.8, 4) is 39.6 Å². The minimum absolute atomic E-state index is 0.248. The zero-order valence-corrected chi connectivity index (χ0v) is 26.0. The highest BCUT2D eigenvalue weighted by atomic mass is 16.3. The summed E-state index contributed by atoms with van der Waals surface area (Å²) in [6, 6.07) is 48.8.